The highest BCUT2D eigenvalue weighted by molar-refractivity contribution is 5.87. The zero-order valence-corrected chi connectivity index (χ0v) is 19.5. The van der Waals surface area contributed by atoms with Gasteiger partial charge in [0.1, 0.15) is 5.75 Å². The monoisotopic (exact) mass is 407 g/mol. The highest BCUT2D eigenvalue weighted by Gasteiger charge is 2.33. The first-order valence-corrected chi connectivity index (χ1v) is 11.2. The summed E-state index contributed by atoms with van der Waals surface area (Å²) in [5, 5.41) is 11.1. The predicted octanol–water partition coefficient (Wildman–Crippen LogP) is 6.13. The fourth-order valence-corrected chi connectivity index (χ4v) is 4.39. The summed E-state index contributed by atoms with van der Waals surface area (Å²) in [4.78, 5) is 15.8. The number of hydrogen-bond donors (Lipinski definition) is 1. The van der Waals surface area contributed by atoms with E-state index in [1.54, 1.807) is 0 Å². The first-order valence-electron chi connectivity index (χ1n) is 11.2. The average Bonchev–Trinajstić information content (AvgIpc) is 2.69. The summed E-state index contributed by atoms with van der Waals surface area (Å²) in [5.74, 6) is 0.175. The minimum Gasteiger partial charge on any atom is -0.507 e. The number of rotatable bonds is 3. The molecule has 3 heteroatoms. The van der Waals surface area contributed by atoms with Crippen LogP contribution in [0.3, 0.4) is 0 Å². The number of carbonyl (C=O) groups excluding carboxylic acids is 1. The molecule has 2 aromatic carbocycles. The first kappa shape index (κ1) is 22.4. The maximum Gasteiger partial charge on any atom is 0.234 e. The van der Waals surface area contributed by atoms with Gasteiger partial charge < -0.3 is 10.0 Å². The van der Waals surface area contributed by atoms with E-state index in [9.17, 15) is 9.90 Å². The molecule has 0 aliphatic carbocycles. The van der Waals surface area contributed by atoms with E-state index in [0.29, 0.717) is 5.75 Å². The van der Waals surface area contributed by atoms with Crippen molar-refractivity contribution in [3.8, 4) is 5.75 Å². The van der Waals surface area contributed by atoms with Crippen molar-refractivity contribution in [1.82, 2.24) is 4.90 Å². The Kier molecular flexibility index (Phi) is 6.31. The fourth-order valence-electron chi connectivity index (χ4n) is 4.39. The molecule has 2 aromatic rings. The van der Waals surface area contributed by atoms with Gasteiger partial charge in [0.15, 0.2) is 0 Å². The first-order chi connectivity index (χ1) is 14.0. The summed E-state index contributed by atoms with van der Waals surface area (Å²) in [7, 11) is 0. The number of phenolic OH excluding ortho intramolecular Hbond substituents is 1. The summed E-state index contributed by atoms with van der Waals surface area (Å²) in [6.07, 6.45) is 3.34. The number of carbonyl (C=O) groups is 1. The van der Waals surface area contributed by atoms with Crippen molar-refractivity contribution in [1.29, 1.82) is 0 Å². The van der Waals surface area contributed by atoms with Crippen LogP contribution < -0.4 is 0 Å². The van der Waals surface area contributed by atoms with Crippen LogP contribution in [-0.2, 0) is 15.6 Å². The van der Waals surface area contributed by atoms with E-state index in [1.165, 1.54) is 6.42 Å². The molecule has 0 radical (unpaired) electrons. The van der Waals surface area contributed by atoms with Gasteiger partial charge in [-0.15, -0.1) is 0 Å². The van der Waals surface area contributed by atoms with Gasteiger partial charge in [-0.3, -0.25) is 4.79 Å². The number of likely N-dealkylation sites (tertiary alicyclic amines) is 1. The molecule has 1 heterocycles. The molecule has 30 heavy (non-hydrogen) atoms. The number of hydrogen-bond acceptors (Lipinski definition) is 2. The number of piperidine rings is 1. The fraction of sp³-hybridized carbons (Fsp3) is 0.519. The molecule has 162 valence electrons. The van der Waals surface area contributed by atoms with Crippen molar-refractivity contribution in [2.24, 2.45) is 0 Å². The van der Waals surface area contributed by atoms with Gasteiger partial charge in [0.05, 0.1) is 5.92 Å². The molecule has 1 aliphatic rings. The van der Waals surface area contributed by atoms with Crippen LogP contribution in [0.15, 0.2) is 42.5 Å². The van der Waals surface area contributed by atoms with Crippen molar-refractivity contribution in [2.75, 3.05) is 13.1 Å². The molecule has 0 bridgehead atoms. The van der Waals surface area contributed by atoms with Crippen molar-refractivity contribution < 1.29 is 9.90 Å². The van der Waals surface area contributed by atoms with E-state index in [4.69, 9.17) is 0 Å². The maximum absolute atomic E-state index is 13.8. The van der Waals surface area contributed by atoms with Crippen LogP contribution in [-0.4, -0.2) is 29.0 Å². The van der Waals surface area contributed by atoms with E-state index in [2.05, 4.69) is 53.7 Å². The number of nitrogens with zero attached hydrogens (tertiary/aromatic N) is 1. The molecule has 1 amide bonds. The second-order valence-electron chi connectivity index (χ2n) is 10.7. The molecule has 1 fully saturated rings. The highest BCUT2D eigenvalue weighted by Crippen LogP contribution is 2.42. The Morgan fingerprint density at radius 1 is 0.833 bits per heavy atom. The number of aromatic hydroxyl groups is 1. The Hall–Kier alpha value is -2.29. The summed E-state index contributed by atoms with van der Waals surface area (Å²) >= 11 is 0. The van der Waals surface area contributed by atoms with Gasteiger partial charge in [0.25, 0.3) is 0 Å². The third-order valence-electron chi connectivity index (χ3n) is 6.13. The van der Waals surface area contributed by atoms with E-state index in [-0.39, 0.29) is 22.7 Å². The van der Waals surface area contributed by atoms with Crippen LogP contribution in [0.5, 0.6) is 5.75 Å². The molecule has 3 nitrogen and oxygen atoms in total. The quantitative estimate of drug-likeness (QED) is 0.665. The van der Waals surface area contributed by atoms with Gasteiger partial charge in [-0.05, 0) is 52.3 Å². The van der Waals surface area contributed by atoms with E-state index >= 15 is 0 Å². The minimum absolute atomic E-state index is 0.173. The van der Waals surface area contributed by atoms with Crippen LogP contribution in [0.2, 0.25) is 0 Å². The van der Waals surface area contributed by atoms with Gasteiger partial charge in [0, 0.05) is 13.1 Å². The molecule has 0 saturated carbocycles. The van der Waals surface area contributed by atoms with Gasteiger partial charge >= 0.3 is 0 Å². The van der Waals surface area contributed by atoms with Crippen molar-refractivity contribution in [3.05, 3.63) is 64.7 Å². The van der Waals surface area contributed by atoms with Gasteiger partial charge in [-0.25, -0.2) is 0 Å². The molecule has 0 spiro atoms. The summed E-state index contributed by atoms with van der Waals surface area (Å²) < 4.78 is 0. The molecule has 1 unspecified atom stereocenters. The smallest absolute Gasteiger partial charge is 0.234 e. The number of phenols is 1. The van der Waals surface area contributed by atoms with Crippen LogP contribution in [0.25, 0.3) is 0 Å². The Bertz CT molecular complexity index is 846. The SMILES string of the molecule is CC(C)(C)c1cc(C(C(=O)N2CCCCC2)c2ccccc2)cc(C(C)(C)C)c1O. The lowest BCUT2D eigenvalue weighted by molar-refractivity contribution is -0.132. The molecule has 1 aliphatic heterocycles. The molecule has 1 N–H and O–H groups in total. The van der Waals surface area contributed by atoms with Crippen LogP contribution in [0.1, 0.15) is 89.0 Å². The largest absolute Gasteiger partial charge is 0.507 e. The summed E-state index contributed by atoms with van der Waals surface area (Å²) in [6.45, 7) is 14.3. The molecular weight excluding hydrogens is 370 g/mol. The lowest BCUT2D eigenvalue weighted by Gasteiger charge is -2.33. The lowest BCUT2D eigenvalue weighted by atomic mass is 9.76. The predicted molar refractivity (Wildman–Crippen MR) is 124 cm³/mol. The third-order valence-corrected chi connectivity index (χ3v) is 6.13. The maximum atomic E-state index is 13.8. The number of amides is 1. The van der Waals surface area contributed by atoms with Crippen molar-refractivity contribution >= 4 is 5.91 Å². The summed E-state index contributed by atoms with van der Waals surface area (Å²) in [5.41, 5.74) is 3.34. The minimum atomic E-state index is -0.355. The summed E-state index contributed by atoms with van der Waals surface area (Å²) in [6, 6.07) is 14.2. The Balaban J connectivity index is 2.21. The second kappa shape index (κ2) is 8.45. The van der Waals surface area contributed by atoms with Gasteiger partial charge in [0.2, 0.25) is 5.91 Å². The second-order valence-corrected chi connectivity index (χ2v) is 10.7. The Labute approximate surface area is 182 Å². The standard InChI is InChI=1S/C27H37NO2/c1-26(2,3)21-17-20(18-22(24(21)29)27(4,5)6)23(19-13-9-7-10-14-19)25(30)28-15-11-8-12-16-28/h7,9-10,13-14,17-18,23,29H,8,11-12,15-16H2,1-6H3. The van der Waals surface area contributed by atoms with Crippen LogP contribution in [0.4, 0.5) is 0 Å². The zero-order chi connectivity index (χ0) is 22.1. The van der Waals surface area contributed by atoms with E-state index < -0.39 is 0 Å². The van der Waals surface area contributed by atoms with Crippen molar-refractivity contribution in [2.45, 2.75) is 77.6 Å². The Morgan fingerprint density at radius 2 is 1.33 bits per heavy atom. The lowest BCUT2D eigenvalue weighted by Crippen LogP contribution is -2.39. The molecule has 3 rings (SSSR count). The molecule has 1 atom stereocenters. The van der Waals surface area contributed by atoms with Crippen LogP contribution in [0, 0.1) is 0 Å². The normalized spacial score (nSPS) is 16.4. The van der Waals surface area contributed by atoms with Gasteiger partial charge in [-0.1, -0.05) is 84.0 Å². The molecule has 0 aromatic heterocycles. The van der Waals surface area contributed by atoms with E-state index in [1.807, 2.05) is 35.2 Å². The van der Waals surface area contributed by atoms with E-state index in [0.717, 1.165) is 48.2 Å². The highest BCUT2D eigenvalue weighted by atomic mass is 16.3. The average molecular weight is 408 g/mol. The van der Waals surface area contributed by atoms with Crippen LogP contribution >= 0.6 is 0 Å². The Morgan fingerprint density at radius 3 is 1.80 bits per heavy atom. The van der Waals surface area contributed by atoms with Crippen molar-refractivity contribution in [3.63, 3.8) is 0 Å². The third kappa shape index (κ3) is 4.71. The molecule has 1 saturated heterocycles. The topological polar surface area (TPSA) is 40.5 Å². The van der Waals surface area contributed by atoms with Gasteiger partial charge in [-0.2, -0.15) is 0 Å². The molecular formula is C27H37NO2. The number of benzene rings is 2. The zero-order valence-electron chi connectivity index (χ0n) is 19.5.